The first-order valence-electron chi connectivity index (χ1n) is 11.3. The smallest absolute Gasteiger partial charge is 0.243 e. The number of amides is 1. The lowest BCUT2D eigenvalue weighted by molar-refractivity contribution is -0.116. The van der Waals surface area contributed by atoms with Crippen molar-refractivity contribution in [1.82, 2.24) is 5.32 Å². The third kappa shape index (κ3) is 15.2. The Bertz CT molecular complexity index is 480. The molecule has 1 N–H and O–H groups in total. The summed E-state index contributed by atoms with van der Waals surface area (Å²) < 4.78 is 0. The number of hydrogen-bond donors (Lipinski definition) is 1. The Morgan fingerprint density at radius 1 is 0.741 bits per heavy atom. The number of nitrogens with one attached hydrogen (secondary N) is 1. The van der Waals surface area contributed by atoms with Crippen molar-refractivity contribution >= 4 is 12.0 Å². The SMILES string of the molecule is CCCCCCCCCCCCCCCCNC(=O)/C=C/c1ccccc1. The largest absolute Gasteiger partial charge is 0.353 e. The third-order valence-electron chi connectivity index (χ3n) is 5.06. The third-order valence-corrected chi connectivity index (χ3v) is 5.06. The first-order chi connectivity index (χ1) is 13.3. The first kappa shape index (κ1) is 23.5. The molecule has 1 aromatic carbocycles. The molecule has 152 valence electrons. The molecule has 2 nitrogen and oxygen atoms in total. The van der Waals surface area contributed by atoms with Gasteiger partial charge in [0.2, 0.25) is 5.91 Å². The summed E-state index contributed by atoms with van der Waals surface area (Å²) >= 11 is 0. The van der Waals surface area contributed by atoms with Gasteiger partial charge in [-0.15, -0.1) is 0 Å². The van der Waals surface area contributed by atoms with E-state index in [1.165, 1.54) is 83.5 Å². The van der Waals surface area contributed by atoms with Gasteiger partial charge in [-0.05, 0) is 18.1 Å². The fraction of sp³-hybridized carbons (Fsp3) is 0.640. The van der Waals surface area contributed by atoms with E-state index in [1.807, 2.05) is 36.4 Å². The van der Waals surface area contributed by atoms with Crippen LogP contribution < -0.4 is 5.32 Å². The zero-order valence-corrected chi connectivity index (χ0v) is 17.6. The average molecular weight is 372 g/mol. The summed E-state index contributed by atoms with van der Waals surface area (Å²) in [6.07, 6.45) is 22.5. The predicted molar refractivity (Wildman–Crippen MR) is 119 cm³/mol. The number of rotatable bonds is 17. The van der Waals surface area contributed by atoms with Crippen LogP contribution in [0.5, 0.6) is 0 Å². The first-order valence-corrected chi connectivity index (χ1v) is 11.3. The highest BCUT2D eigenvalue weighted by atomic mass is 16.1. The number of carbonyl (C=O) groups is 1. The van der Waals surface area contributed by atoms with Crippen molar-refractivity contribution < 1.29 is 4.79 Å². The van der Waals surface area contributed by atoms with Crippen molar-refractivity contribution in [2.24, 2.45) is 0 Å². The van der Waals surface area contributed by atoms with Crippen LogP contribution in [-0.4, -0.2) is 12.5 Å². The number of hydrogen-bond acceptors (Lipinski definition) is 1. The summed E-state index contributed by atoms with van der Waals surface area (Å²) in [5.41, 5.74) is 1.06. The average Bonchev–Trinajstić information content (AvgIpc) is 2.70. The van der Waals surface area contributed by atoms with Gasteiger partial charge in [0.05, 0.1) is 0 Å². The maximum atomic E-state index is 11.8. The monoisotopic (exact) mass is 371 g/mol. The second kappa shape index (κ2) is 17.8. The normalized spacial score (nSPS) is 11.1. The molecule has 1 rings (SSSR count). The fourth-order valence-corrected chi connectivity index (χ4v) is 3.33. The molecule has 0 spiro atoms. The number of unbranched alkanes of at least 4 members (excludes halogenated alkanes) is 13. The molecule has 0 saturated carbocycles. The van der Waals surface area contributed by atoms with Gasteiger partial charge in [0.15, 0.2) is 0 Å². The van der Waals surface area contributed by atoms with Crippen molar-refractivity contribution in [2.75, 3.05) is 6.54 Å². The van der Waals surface area contributed by atoms with E-state index in [9.17, 15) is 4.79 Å². The van der Waals surface area contributed by atoms with Gasteiger partial charge in [-0.3, -0.25) is 4.79 Å². The maximum absolute atomic E-state index is 11.8. The van der Waals surface area contributed by atoms with E-state index in [-0.39, 0.29) is 5.91 Å². The molecule has 0 heterocycles. The summed E-state index contributed by atoms with van der Waals surface area (Å²) in [7, 11) is 0. The fourth-order valence-electron chi connectivity index (χ4n) is 3.33. The van der Waals surface area contributed by atoms with E-state index >= 15 is 0 Å². The van der Waals surface area contributed by atoms with Crippen molar-refractivity contribution in [2.45, 2.75) is 96.8 Å². The molecule has 27 heavy (non-hydrogen) atoms. The molecule has 0 fully saturated rings. The van der Waals surface area contributed by atoms with Crippen LogP contribution in [0.4, 0.5) is 0 Å². The molecular weight excluding hydrogens is 330 g/mol. The van der Waals surface area contributed by atoms with Gasteiger partial charge in [-0.1, -0.05) is 121 Å². The Hall–Kier alpha value is -1.57. The van der Waals surface area contributed by atoms with Gasteiger partial charge in [0, 0.05) is 12.6 Å². The molecule has 0 saturated heterocycles. The van der Waals surface area contributed by atoms with E-state index in [2.05, 4.69) is 12.2 Å². The van der Waals surface area contributed by atoms with Crippen molar-refractivity contribution in [1.29, 1.82) is 0 Å². The molecule has 0 aliphatic heterocycles. The minimum atomic E-state index is 0.00791. The lowest BCUT2D eigenvalue weighted by Crippen LogP contribution is -2.21. The molecule has 0 aromatic heterocycles. The quantitative estimate of drug-likeness (QED) is 0.226. The highest BCUT2D eigenvalue weighted by Crippen LogP contribution is 2.12. The Labute approximate surface area is 167 Å². The van der Waals surface area contributed by atoms with Gasteiger partial charge < -0.3 is 5.32 Å². The molecule has 1 aromatic rings. The van der Waals surface area contributed by atoms with Crippen LogP contribution in [0.15, 0.2) is 36.4 Å². The minimum absolute atomic E-state index is 0.00791. The number of carbonyl (C=O) groups excluding carboxylic acids is 1. The zero-order chi connectivity index (χ0) is 19.4. The predicted octanol–water partition coefficient (Wildman–Crippen LogP) is 7.30. The van der Waals surface area contributed by atoms with Crippen LogP contribution in [0.25, 0.3) is 6.08 Å². The Balaban J connectivity index is 1.81. The summed E-state index contributed by atoms with van der Waals surface area (Å²) in [5.74, 6) is 0.00791. The van der Waals surface area contributed by atoms with E-state index in [1.54, 1.807) is 6.08 Å². The summed E-state index contributed by atoms with van der Waals surface area (Å²) in [6, 6.07) is 9.93. The maximum Gasteiger partial charge on any atom is 0.243 e. The summed E-state index contributed by atoms with van der Waals surface area (Å²) in [5, 5.41) is 2.97. The minimum Gasteiger partial charge on any atom is -0.353 e. The van der Waals surface area contributed by atoms with Gasteiger partial charge >= 0.3 is 0 Å². The van der Waals surface area contributed by atoms with Crippen LogP contribution in [0.1, 0.15) is 102 Å². The van der Waals surface area contributed by atoms with Crippen LogP contribution in [0.2, 0.25) is 0 Å². The molecule has 0 unspecified atom stereocenters. The van der Waals surface area contributed by atoms with Crippen LogP contribution in [0, 0.1) is 0 Å². The summed E-state index contributed by atoms with van der Waals surface area (Å²) in [4.78, 5) is 11.8. The lowest BCUT2D eigenvalue weighted by Gasteiger charge is -2.04. The van der Waals surface area contributed by atoms with Crippen LogP contribution in [-0.2, 0) is 4.79 Å². The molecule has 0 aliphatic carbocycles. The van der Waals surface area contributed by atoms with E-state index in [4.69, 9.17) is 0 Å². The highest BCUT2D eigenvalue weighted by Gasteiger charge is 1.96. The topological polar surface area (TPSA) is 29.1 Å². The molecule has 2 heteroatoms. The standard InChI is InChI=1S/C25H41NO/c1-2-3-4-5-6-7-8-9-10-11-12-13-14-18-23-26-25(27)22-21-24-19-16-15-17-20-24/h15-17,19-22H,2-14,18,23H2,1H3,(H,26,27)/b22-21+. The highest BCUT2D eigenvalue weighted by molar-refractivity contribution is 5.91. The Kier molecular flexibility index (Phi) is 15.5. The van der Waals surface area contributed by atoms with Gasteiger partial charge in [-0.25, -0.2) is 0 Å². The Morgan fingerprint density at radius 2 is 1.22 bits per heavy atom. The van der Waals surface area contributed by atoms with Crippen LogP contribution >= 0.6 is 0 Å². The van der Waals surface area contributed by atoms with Gasteiger partial charge in [-0.2, -0.15) is 0 Å². The van der Waals surface area contributed by atoms with E-state index < -0.39 is 0 Å². The molecule has 0 aliphatic rings. The van der Waals surface area contributed by atoms with E-state index in [0.717, 1.165) is 18.5 Å². The molecule has 0 bridgehead atoms. The van der Waals surface area contributed by atoms with Gasteiger partial charge in [0.1, 0.15) is 0 Å². The van der Waals surface area contributed by atoms with Crippen molar-refractivity contribution in [3.63, 3.8) is 0 Å². The molecular formula is C25H41NO. The summed E-state index contributed by atoms with van der Waals surface area (Å²) in [6.45, 7) is 3.07. The molecule has 1 amide bonds. The Morgan fingerprint density at radius 3 is 1.74 bits per heavy atom. The second-order valence-electron chi connectivity index (χ2n) is 7.63. The molecule has 0 atom stereocenters. The second-order valence-corrected chi connectivity index (χ2v) is 7.63. The zero-order valence-electron chi connectivity index (χ0n) is 17.6. The van der Waals surface area contributed by atoms with Crippen LogP contribution in [0.3, 0.4) is 0 Å². The van der Waals surface area contributed by atoms with Crippen molar-refractivity contribution in [3.05, 3.63) is 42.0 Å². The number of benzene rings is 1. The van der Waals surface area contributed by atoms with Crippen molar-refractivity contribution in [3.8, 4) is 0 Å². The lowest BCUT2D eigenvalue weighted by atomic mass is 10.0. The van der Waals surface area contributed by atoms with E-state index in [0.29, 0.717) is 0 Å². The molecule has 0 radical (unpaired) electrons. The van der Waals surface area contributed by atoms with Gasteiger partial charge in [0.25, 0.3) is 0 Å².